The Balaban J connectivity index is 2.43. The summed E-state index contributed by atoms with van der Waals surface area (Å²) in [5.74, 6) is -0.606. The number of likely N-dealkylation sites (tertiary alicyclic amines) is 1. The van der Waals surface area contributed by atoms with E-state index in [-0.39, 0.29) is 25.5 Å². The lowest BCUT2D eigenvalue weighted by molar-refractivity contribution is -0.162. The second kappa shape index (κ2) is 6.02. The third-order valence-electron chi connectivity index (χ3n) is 4.79. The number of rotatable bonds is 5. The van der Waals surface area contributed by atoms with Crippen molar-refractivity contribution in [3.63, 3.8) is 0 Å². The van der Waals surface area contributed by atoms with Crippen molar-refractivity contribution in [3.05, 3.63) is 0 Å². The van der Waals surface area contributed by atoms with Crippen LogP contribution in [0.1, 0.15) is 45.4 Å². The molecule has 0 bridgehead atoms. The zero-order chi connectivity index (χ0) is 15.5. The Labute approximate surface area is 124 Å². The normalized spacial score (nSPS) is 31.7. The van der Waals surface area contributed by atoms with Crippen molar-refractivity contribution in [2.45, 2.75) is 51.0 Å². The van der Waals surface area contributed by atoms with Crippen LogP contribution in [-0.4, -0.2) is 47.2 Å². The van der Waals surface area contributed by atoms with Gasteiger partial charge in [-0.15, -0.1) is 0 Å². The van der Waals surface area contributed by atoms with Crippen LogP contribution in [-0.2, 0) is 14.3 Å². The van der Waals surface area contributed by atoms with Gasteiger partial charge in [-0.2, -0.15) is 5.26 Å². The topological polar surface area (TPSA) is 90.6 Å². The summed E-state index contributed by atoms with van der Waals surface area (Å²) in [6, 6.07) is 2.27. The first-order valence-electron chi connectivity index (χ1n) is 7.58. The smallest absolute Gasteiger partial charge is 0.316 e. The standard InChI is InChI=1S/C15H22N2O4/c1-2-21-13(20)14-6-3-4-7-15(14,11-16)17(8-5-9-18)12(19)10-14/h18H,2-10H2,1H3/t14-,15+/m1/s1. The number of aliphatic hydroxyl groups excluding tert-OH is 1. The number of ether oxygens (including phenoxy) is 1. The van der Waals surface area contributed by atoms with E-state index in [0.29, 0.717) is 25.8 Å². The number of hydrogen-bond donors (Lipinski definition) is 1. The van der Waals surface area contributed by atoms with Gasteiger partial charge in [-0.25, -0.2) is 0 Å². The lowest BCUT2D eigenvalue weighted by Gasteiger charge is -2.45. The first-order chi connectivity index (χ1) is 10.1. The summed E-state index contributed by atoms with van der Waals surface area (Å²) in [6.07, 6.45) is 3.11. The minimum absolute atomic E-state index is 0.0440. The van der Waals surface area contributed by atoms with Crippen LogP contribution in [0.5, 0.6) is 0 Å². The molecule has 1 heterocycles. The molecule has 1 N–H and O–H groups in total. The molecule has 1 aliphatic heterocycles. The predicted octanol–water partition coefficient (Wildman–Crippen LogP) is 0.987. The van der Waals surface area contributed by atoms with Gasteiger partial charge in [-0.1, -0.05) is 6.42 Å². The fraction of sp³-hybridized carbons (Fsp3) is 0.800. The molecular formula is C15H22N2O4. The quantitative estimate of drug-likeness (QED) is 0.763. The van der Waals surface area contributed by atoms with Gasteiger partial charge in [0.2, 0.25) is 5.91 Å². The van der Waals surface area contributed by atoms with Crippen LogP contribution in [0.25, 0.3) is 0 Å². The number of esters is 1. The summed E-state index contributed by atoms with van der Waals surface area (Å²) in [4.78, 5) is 26.5. The zero-order valence-electron chi connectivity index (χ0n) is 12.4. The summed E-state index contributed by atoms with van der Waals surface area (Å²) in [6.45, 7) is 2.24. The molecule has 0 aromatic rings. The number of carbonyl (C=O) groups is 2. The van der Waals surface area contributed by atoms with E-state index in [4.69, 9.17) is 9.84 Å². The van der Waals surface area contributed by atoms with E-state index in [0.717, 1.165) is 12.8 Å². The van der Waals surface area contributed by atoms with E-state index < -0.39 is 16.9 Å². The van der Waals surface area contributed by atoms with Crippen LogP contribution in [0.4, 0.5) is 0 Å². The minimum atomic E-state index is -1.11. The summed E-state index contributed by atoms with van der Waals surface area (Å²) in [5, 5.41) is 18.8. The Bertz CT molecular complexity index is 473. The molecule has 1 saturated heterocycles. The van der Waals surface area contributed by atoms with E-state index in [1.165, 1.54) is 4.90 Å². The van der Waals surface area contributed by atoms with E-state index in [1.807, 2.05) is 0 Å². The molecule has 6 heteroatoms. The maximum absolute atomic E-state index is 12.5. The molecule has 0 unspecified atom stereocenters. The molecule has 0 aromatic heterocycles. The van der Waals surface area contributed by atoms with Gasteiger partial charge in [0.15, 0.2) is 0 Å². The van der Waals surface area contributed by atoms with Crippen molar-refractivity contribution in [2.24, 2.45) is 5.41 Å². The van der Waals surface area contributed by atoms with Crippen LogP contribution in [0.15, 0.2) is 0 Å². The van der Waals surface area contributed by atoms with E-state index >= 15 is 0 Å². The van der Waals surface area contributed by atoms with E-state index in [1.54, 1.807) is 6.92 Å². The van der Waals surface area contributed by atoms with Crippen LogP contribution >= 0.6 is 0 Å². The van der Waals surface area contributed by atoms with Crippen molar-refractivity contribution < 1.29 is 19.4 Å². The van der Waals surface area contributed by atoms with E-state index in [2.05, 4.69) is 6.07 Å². The molecule has 116 valence electrons. The van der Waals surface area contributed by atoms with Gasteiger partial charge in [-0.3, -0.25) is 9.59 Å². The van der Waals surface area contributed by atoms with Crippen molar-refractivity contribution in [1.29, 1.82) is 5.26 Å². The van der Waals surface area contributed by atoms with Crippen LogP contribution in [0, 0.1) is 16.7 Å². The Kier molecular flexibility index (Phi) is 4.52. The average Bonchev–Trinajstić information content (AvgIpc) is 2.75. The molecule has 0 spiro atoms. The highest BCUT2D eigenvalue weighted by molar-refractivity contribution is 5.93. The maximum atomic E-state index is 12.5. The van der Waals surface area contributed by atoms with Gasteiger partial charge < -0.3 is 14.7 Å². The number of nitrogens with zero attached hydrogens (tertiary/aromatic N) is 2. The molecule has 2 atom stereocenters. The zero-order valence-corrected chi connectivity index (χ0v) is 12.4. The molecule has 6 nitrogen and oxygen atoms in total. The molecule has 0 aromatic carbocycles. The molecule has 0 radical (unpaired) electrons. The molecule has 1 aliphatic carbocycles. The number of aliphatic hydroxyl groups is 1. The Hall–Kier alpha value is -1.61. The van der Waals surface area contributed by atoms with Crippen molar-refractivity contribution in [1.82, 2.24) is 4.90 Å². The molecular weight excluding hydrogens is 272 g/mol. The van der Waals surface area contributed by atoms with Crippen molar-refractivity contribution in [2.75, 3.05) is 19.8 Å². The number of carbonyl (C=O) groups excluding carboxylic acids is 2. The largest absolute Gasteiger partial charge is 0.465 e. The highest BCUT2D eigenvalue weighted by atomic mass is 16.5. The highest BCUT2D eigenvalue weighted by Gasteiger charge is 2.68. The Morgan fingerprint density at radius 2 is 2.19 bits per heavy atom. The van der Waals surface area contributed by atoms with Gasteiger partial charge in [0.25, 0.3) is 0 Å². The maximum Gasteiger partial charge on any atom is 0.316 e. The summed E-state index contributed by atoms with van der Waals surface area (Å²) < 4.78 is 5.20. The molecule has 2 rings (SSSR count). The van der Waals surface area contributed by atoms with Gasteiger partial charge in [-0.05, 0) is 32.6 Å². The van der Waals surface area contributed by atoms with Gasteiger partial charge in [0.05, 0.1) is 12.7 Å². The fourth-order valence-electron chi connectivity index (χ4n) is 3.83. The number of hydrogen-bond acceptors (Lipinski definition) is 5. The molecule has 1 amide bonds. The predicted molar refractivity (Wildman–Crippen MR) is 73.9 cm³/mol. The Morgan fingerprint density at radius 3 is 2.81 bits per heavy atom. The molecule has 2 fully saturated rings. The third kappa shape index (κ3) is 2.20. The second-order valence-electron chi connectivity index (χ2n) is 5.78. The highest BCUT2D eigenvalue weighted by Crippen LogP contribution is 2.55. The average molecular weight is 294 g/mol. The van der Waals surface area contributed by atoms with Crippen molar-refractivity contribution in [3.8, 4) is 6.07 Å². The van der Waals surface area contributed by atoms with E-state index in [9.17, 15) is 14.9 Å². The van der Waals surface area contributed by atoms with Crippen molar-refractivity contribution >= 4 is 11.9 Å². The number of fused-ring (bicyclic) bond motifs is 1. The molecule has 21 heavy (non-hydrogen) atoms. The first kappa shape index (κ1) is 15.8. The molecule has 1 saturated carbocycles. The van der Waals surface area contributed by atoms with Crippen LogP contribution < -0.4 is 0 Å². The van der Waals surface area contributed by atoms with Crippen LogP contribution in [0.3, 0.4) is 0 Å². The monoisotopic (exact) mass is 294 g/mol. The van der Waals surface area contributed by atoms with Gasteiger partial charge >= 0.3 is 5.97 Å². The lowest BCUT2D eigenvalue weighted by Crippen LogP contribution is -2.59. The Morgan fingerprint density at radius 1 is 1.48 bits per heavy atom. The first-order valence-corrected chi connectivity index (χ1v) is 7.58. The van der Waals surface area contributed by atoms with Gasteiger partial charge in [0, 0.05) is 19.6 Å². The fourth-order valence-corrected chi connectivity index (χ4v) is 3.83. The summed E-state index contributed by atoms with van der Waals surface area (Å²) >= 11 is 0. The summed E-state index contributed by atoms with van der Waals surface area (Å²) in [7, 11) is 0. The number of amides is 1. The minimum Gasteiger partial charge on any atom is -0.465 e. The summed E-state index contributed by atoms with van der Waals surface area (Å²) in [5.41, 5.74) is -2.15. The lowest BCUT2D eigenvalue weighted by atomic mass is 9.62. The third-order valence-corrected chi connectivity index (χ3v) is 4.79. The van der Waals surface area contributed by atoms with Crippen LogP contribution in [0.2, 0.25) is 0 Å². The second-order valence-corrected chi connectivity index (χ2v) is 5.78. The number of nitriles is 1. The van der Waals surface area contributed by atoms with Gasteiger partial charge in [0.1, 0.15) is 11.0 Å². The molecule has 2 aliphatic rings. The SMILES string of the molecule is CCOC(=O)[C@]12CCCC[C@@]1(C#N)N(CCCO)C(=O)C2.